The van der Waals surface area contributed by atoms with Crippen molar-refractivity contribution in [1.82, 2.24) is 15.1 Å². The lowest BCUT2D eigenvalue weighted by atomic mass is 10.2. The van der Waals surface area contributed by atoms with Crippen molar-refractivity contribution in [3.8, 4) is 5.75 Å². The minimum atomic E-state index is 0.423. The average Bonchev–Trinajstić information content (AvgIpc) is 2.84. The van der Waals surface area contributed by atoms with E-state index in [9.17, 15) is 0 Å². The molecule has 114 valence electrons. The van der Waals surface area contributed by atoms with Gasteiger partial charge in [-0.1, -0.05) is 37.6 Å². The van der Waals surface area contributed by atoms with Crippen LogP contribution in [-0.2, 0) is 20.0 Å². The summed E-state index contributed by atoms with van der Waals surface area (Å²) in [5.41, 5.74) is 2.24. The van der Waals surface area contributed by atoms with Crippen molar-refractivity contribution in [2.75, 3.05) is 6.61 Å². The molecule has 0 unspecified atom stereocenters. The first-order valence-electron chi connectivity index (χ1n) is 7.17. The maximum Gasteiger partial charge on any atom is 0.142 e. The molecule has 21 heavy (non-hydrogen) atoms. The van der Waals surface area contributed by atoms with Gasteiger partial charge in [0, 0.05) is 37.8 Å². The van der Waals surface area contributed by atoms with Gasteiger partial charge in [0.1, 0.15) is 5.75 Å². The Morgan fingerprint density at radius 3 is 2.86 bits per heavy atom. The van der Waals surface area contributed by atoms with Gasteiger partial charge in [0.15, 0.2) is 0 Å². The van der Waals surface area contributed by atoms with Crippen LogP contribution in [0.4, 0.5) is 0 Å². The quantitative estimate of drug-likeness (QED) is 0.854. The number of hydrogen-bond donors (Lipinski definition) is 1. The van der Waals surface area contributed by atoms with E-state index in [1.807, 2.05) is 37.6 Å². The van der Waals surface area contributed by atoms with Crippen LogP contribution in [0.3, 0.4) is 0 Å². The van der Waals surface area contributed by atoms with Gasteiger partial charge in [-0.05, 0) is 11.6 Å². The molecular formula is C16H22ClN3O. The molecule has 0 aliphatic rings. The Bertz CT molecular complexity index is 581. The van der Waals surface area contributed by atoms with Crippen molar-refractivity contribution in [3.63, 3.8) is 0 Å². The molecule has 2 rings (SSSR count). The SMILES string of the molecule is CC(C)NCc1cccc(Cl)c1OCCc1cnn(C)c1. The monoisotopic (exact) mass is 307 g/mol. The highest BCUT2D eigenvalue weighted by Gasteiger charge is 2.09. The number of ether oxygens (including phenoxy) is 1. The van der Waals surface area contributed by atoms with Gasteiger partial charge in [-0.25, -0.2) is 0 Å². The molecule has 0 atom stereocenters. The van der Waals surface area contributed by atoms with Crippen molar-refractivity contribution in [1.29, 1.82) is 0 Å². The van der Waals surface area contributed by atoms with E-state index in [1.54, 1.807) is 4.68 Å². The highest BCUT2D eigenvalue weighted by Crippen LogP contribution is 2.28. The number of hydrogen-bond acceptors (Lipinski definition) is 3. The number of nitrogens with zero attached hydrogens (tertiary/aromatic N) is 2. The molecule has 0 radical (unpaired) electrons. The molecule has 4 nitrogen and oxygen atoms in total. The molecule has 1 N–H and O–H groups in total. The van der Waals surface area contributed by atoms with Crippen molar-refractivity contribution in [3.05, 3.63) is 46.7 Å². The van der Waals surface area contributed by atoms with Crippen LogP contribution in [0.5, 0.6) is 5.75 Å². The molecule has 1 aromatic carbocycles. The lowest BCUT2D eigenvalue weighted by molar-refractivity contribution is 0.317. The normalized spacial score (nSPS) is 11.1. The summed E-state index contributed by atoms with van der Waals surface area (Å²) in [6.45, 7) is 5.57. The van der Waals surface area contributed by atoms with Gasteiger partial charge in [-0.3, -0.25) is 4.68 Å². The van der Waals surface area contributed by atoms with Gasteiger partial charge >= 0.3 is 0 Å². The number of nitrogens with one attached hydrogen (secondary N) is 1. The molecule has 0 bridgehead atoms. The molecule has 5 heteroatoms. The first kappa shape index (κ1) is 15.9. The van der Waals surface area contributed by atoms with Crippen LogP contribution >= 0.6 is 11.6 Å². The van der Waals surface area contributed by atoms with E-state index in [1.165, 1.54) is 0 Å². The predicted molar refractivity (Wildman–Crippen MR) is 85.8 cm³/mol. The maximum absolute atomic E-state index is 6.26. The molecule has 1 heterocycles. The summed E-state index contributed by atoms with van der Waals surface area (Å²) in [4.78, 5) is 0. The smallest absolute Gasteiger partial charge is 0.142 e. The maximum atomic E-state index is 6.26. The van der Waals surface area contributed by atoms with Crippen LogP contribution in [0, 0.1) is 0 Å². The fourth-order valence-electron chi connectivity index (χ4n) is 2.04. The van der Waals surface area contributed by atoms with E-state index >= 15 is 0 Å². The van der Waals surface area contributed by atoms with E-state index in [0.717, 1.165) is 29.8 Å². The van der Waals surface area contributed by atoms with Gasteiger partial charge in [0.2, 0.25) is 0 Å². The zero-order valence-electron chi connectivity index (χ0n) is 12.8. The predicted octanol–water partition coefficient (Wildman–Crippen LogP) is 3.19. The Kier molecular flexibility index (Phi) is 5.65. The molecule has 0 saturated carbocycles. The molecule has 0 aliphatic heterocycles. The summed E-state index contributed by atoms with van der Waals surface area (Å²) in [5.74, 6) is 0.774. The van der Waals surface area contributed by atoms with E-state index in [0.29, 0.717) is 17.7 Å². The Hall–Kier alpha value is -1.52. The first-order chi connectivity index (χ1) is 10.1. The standard InChI is InChI=1S/C16H22ClN3O/c1-12(2)18-10-14-5-4-6-15(17)16(14)21-8-7-13-9-19-20(3)11-13/h4-6,9,11-12,18H,7-8,10H2,1-3H3. The molecule has 2 aromatic rings. The fourth-order valence-corrected chi connectivity index (χ4v) is 2.29. The first-order valence-corrected chi connectivity index (χ1v) is 7.55. The van der Waals surface area contributed by atoms with E-state index < -0.39 is 0 Å². The van der Waals surface area contributed by atoms with Crippen LogP contribution in [0.15, 0.2) is 30.6 Å². The minimum absolute atomic E-state index is 0.423. The topological polar surface area (TPSA) is 39.1 Å². The van der Waals surface area contributed by atoms with Crippen molar-refractivity contribution in [2.45, 2.75) is 32.9 Å². The van der Waals surface area contributed by atoms with Crippen LogP contribution in [0.1, 0.15) is 25.0 Å². The summed E-state index contributed by atoms with van der Waals surface area (Å²) in [5, 5.41) is 8.20. The third-order valence-electron chi connectivity index (χ3n) is 3.14. The molecule has 1 aromatic heterocycles. The van der Waals surface area contributed by atoms with Gasteiger partial charge in [0.25, 0.3) is 0 Å². The second kappa shape index (κ2) is 7.48. The van der Waals surface area contributed by atoms with Gasteiger partial charge < -0.3 is 10.1 Å². The second-order valence-corrected chi connectivity index (χ2v) is 5.79. The number of para-hydroxylation sites is 1. The highest BCUT2D eigenvalue weighted by atomic mass is 35.5. The van der Waals surface area contributed by atoms with Gasteiger partial charge in [0.05, 0.1) is 17.8 Å². The van der Waals surface area contributed by atoms with E-state index in [-0.39, 0.29) is 0 Å². The Morgan fingerprint density at radius 2 is 2.19 bits per heavy atom. The third-order valence-corrected chi connectivity index (χ3v) is 3.44. The molecule has 0 amide bonds. The number of rotatable bonds is 7. The van der Waals surface area contributed by atoms with Crippen LogP contribution < -0.4 is 10.1 Å². The summed E-state index contributed by atoms with van der Waals surface area (Å²) >= 11 is 6.26. The lowest BCUT2D eigenvalue weighted by Crippen LogP contribution is -2.22. The van der Waals surface area contributed by atoms with Crippen LogP contribution in [-0.4, -0.2) is 22.4 Å². The molecule has 0 spiro atoms. The number of benzene rings is 1. The van der Waals surface area contributed by atoms with Crippen molar-refractivity contribution >= 4 is 11.6 Å². The van der Waals surface area contributed by atoms with Crippen molar-refractivity contribution < 1.29 is 4.74 Å². The molecular weight excluding hydrogens is 286 g/mol. The summed E-state index contributed by atoms with van der Waals surface area (Å²) < 4.78 is 7.70. The minimum Gasteiger partial charge on any atom is -0.491 e. The highest BCUT2D eigenvalue weighted by molar-refractivity contribution is 6.32. The van der Waals surface area contributed by atoms with Crippen LogP contribution in [0.2, 0.25) is 5.02 Å². The van der Waals surface area contributed by atoms with Crippen molar-refractivity contribution in [2.24, 2.45) is 7.05 Å². The zero-order chi connectivity index (χ0) is 15.2. The third kappa shape index (κ3) is 4.76. The average molecular weight is 308 g/mol. The zero-order valence-corrected chi connectivity index (χ0v) is 13.5. The largest absolute Gasteiger partial charge is 0.491 e. The van der Waals surface area contributed by atoms with E-state index in [4.69, 9.17) is 16.3 Å². The Balaban J connectivity index is 1.97. The summed E-state index contributed by atoms with van der Waals surface area (Å²) in [6, 6.07) is 6.28. The Labute approximate surface area is 131 Å². The van der Waals surface area contributed by atoms with Gasteiger partial charge in [-0.2, -0.15) is 5.10 Å². The molecule has 0 fully saturated rings. The number of aryl methyl sites for hydroxylation is 1. The summed E-state index contributed by atoms with van der Waals surface area (Å²) in [7, 11) is 1.91. The number of aromatic nitrogens is 2. The summed E-state index contributed by atoms with van der Waals surface area (Å²) in [6.07, 6.45) is 4.67. The number of halogens is 1. The van der Waals surface area contributed by atoms with Gasteiger partial charge in [-0.15, -0.1) is 0 Å². The van der Waals surface area contributed by atoms with Crippen LogP contribution in [0.25, 0.3) is 0 Å². The lowest BCUT2D eigenvalue weighted by Gasteiger charge is -2.15. The fraction of sp³-hybridized carbons (Fsp3) is 0.438. The molecule has 0 saturated heterocycles. The molecule has 0 aliphatic carbocycles. The second-order valence-electron chi connectivity index (χ2n) is 5.38. The van der Waals surface area contributed by atoms with E-state index in [2.05, 4.69) is 24.3 Å². The Morgan fingerprint density at radius 1 is 1.38 bits per heavy atom.